The van der Waals surface area contributed by atoms with E-state index in [0.717, 1.165) is 4.73 Å². The maximum absolute atomic E-state index is 4.16. The Morgan fingerprint density at radius 2 is 2.00 bits per heavy atom. The summed E-state index contributed by atoms with van der Waals surface area (Å²) in [5, 5.41) is 0. The number of hydrogen-bond acceptors (Lipinski definition) is 1. The minimum Gasteiger partial charge on any atom is -0.325 e. The molecule has 1 aromatic rings. The highest BCUT2D eigenvalue weighted by molar-refractivity contribution is 9.10. The average Bonchev–Trinajstić information content (AvgIpc) is 2.11. The van der Waals surface area contributed by atoms with E-state index < -0.39 is 0 Å². The summed E-state index contributed by atoms with van der Waals surface area (Å²) in [5.74, 6) is 0. The van der Waals surface area contributed by atoms with E-state index in [1.807, 2.05) is 13.2 Å². The molecule has 0 aromatic carbocycles. The highest BCUT2D eigenvalue weighted by Gasteiger charge is 2.18. The van der Waals surface area contributed by atoms with E-state index in [-0.39, 0.29) is 5.41 Å². The topological polar surface area (TPSA) is 17.8 Å². The molecule has 0 saturated heterocycles. The summed E-state index contributed by atoms with van der Waals surface area (Å²) in [6, 6.07) is 0. The Morgan fingerprint density at radius 3 is 2.18 bits per heavy atom. The summed E-state index contributed by atoms with van der Waals surface area (Å²) in [5.41, 5.74) is 1.41. The first kappa shape index (κ1) is 8.78. The number of imidazole rings is 1. The molecule has 0 N–H and O–H groups in total. The van der Waals surface area contributed by atoms with Crippen LogP contribution in [-0.2, 0) is 12.5 Å². The highest BCUT2D eigenvalue weighted by Crippen LogP contribution is 2.23. The third-order valence-electron chi connectivity index (χ3n) is 1.70. The van der Waals surface area contributed by atoms with Crippen molar-refractivity contribution >= 4 is 15.9 Å². The third kappa shape index (κ3) is 1.64. The molecular weight excluding hydrogens is 204 g/mol. The fraction of sp³-hybridized carbons (Fsp3) is 0.625. The molecule has 0 aliphatic rings. The van der Waals surface area contributed by atoms with Crippen LogP contribution in [0.1, 0.15) is 26.5 Å². The molecule has 11 heavy (non-hydrogen) atoms. The molecule has 0 spiro atoms. The first-order valence-electron chi connectivity index (χ1n) is 3.60. The molecule has 0 radical (unpaired) electrons. The quantitative estimate of drug-likeness (QED) is 0.652. The lowest BCUT2D eigenvalue weighted by Gasteiger charge is -2.18. The number of nitrogens with zero attached hydrogens (tertiary/aromatic N) is 2. The molecule has 0 aliphatic heterocycles. The van der Waals surface area contributed by atoms with E-state index in [9.17, 15) is 0 Å². The normalized spacial score (nSPS) is 12.1. The lowest BCUT2D eigenvalue weighted by atomic mass is 9.93. The second-order valence-corrected chi connectivity index (χ2v) is 4.43. The van der Waals surface area contributed by atoms with Crippen LogP contribution in [-0.4, -0.2) is 9.55 Å². The van der Waals surface area contributed by atoms with Gasteiger partial charge in [-0.05, 0) is 15.9 Å². The zero-order valence-electron chi connectivity index (χ0n) is 7.35. The Kier molecular flexibility index (Phi) is 2.10. The summed E-state index contributed by atoms with van der Waals surface area (Å²) >= 11 is 3.36. The van der Waals surface area contributed by atoms with Crippen LogP contribution < -0.4 is 0 Å². The van der Waals surface area contributed by atoms with Crippen molar-refractivity contribution in [2.24, 2.45) is 7.05 Å². The van der Waals surface area contributed by atoms with Crippen LogP contribution in [0.5, 0.6) is 0 Å². The Morgan fingerprint density at radius 1 is 1.45 bits per heavy atom. The molecule has 1 aromatic heterocycles. The smallest absolute Gasteiger partial charge is 0.177 e. The van der Waals surface area contributed by atoms with Crippen LogP contribution in [0.2, 0.25) is 0 Å². The first-order chi connectivity index (χ1) is 4.93. The van der Waals surface area contributed by atoms with Crippen molar-refractivity contribution in [1.29, 1.82) is 0 Å². The van der Waals surface area contributed by atoms with Crippen molar-refractivity contribution in [3.8, 4) is 0 Å². The van der Waals surface area contributed by atoms with Gasteiger partial charge in [-0.25, -0.2) is 4.98 Å². The van der Waals surface area contributed by atoms with E-state index in [1.165, 1.54) is 5.69 Å². The number of rotatable bonds is 0. The van der Waals surface area contributed by atoms with Gasteiger partial charge in [0.25, 0.3) is 0 Å². The Labute approximate surface area is 75.8 Å². The second kappa shape index (κ2) is 2.63. The number of aromatic nitrogens is 2. The zero-order valence-corrected chi connectivity index (χ0v) is 8.94. The van der Waals surface area contributed by atoms with Gasteiger partial charge in [0, 0.05) is 24.4 Å². The number of halogens is 1. The number of hydrogen-bond donors (Lipinski definition) is 0. The van der Waals surface area contributed by atoms with Gasteiger partial charge in [-0.15, -0.1) is 0 Å². The maximum atomic E-state index is 4.16. The minimum absolute atomic E-state index is 0.174. The molecule has 3 heteroatoms. The second-order valence-electron chi connectivity index (χ2n) is 3.72. The van der Waals surface area contributed by atoms with E-state index in [4.69, 9.17) is 0 Å². The first-order valence-corrected chi connectivity index (χ1v) is 4.40. The molecule has 0 saturated carbocycles. The fourth-order valence-electron chi connectivity index (χ4n) is 1.08. The summed E-state index contributed by atoms with van der Waals surface area (Å²) in [4.78, 5) is 4.16. The average molecular weight is 217 g/mol. The Bertz CT molecular complexity index is 258. The molecule has 0 unspecified atom stereocenters. The molecule has 1 rings (SSSR count). The Balaban J connectivity index is 3.15. The lowest BCUT2D eigenvalue weighted by Crippen LogP contribution is -2.15. The van der Waals surface area contributed by atoms with Gasteiger partial charge in [-0.1, -0.05) is 20.8 Å². The predicted molar refractivity (Wildman–Crippen MR) is 49.6 cm³/mol. The molecule has 0 aliphatic carbocycles. The molecular formula is C8H13BrN2. The standard InChI is InChI=1S/C8H13BrN2/c1-8(2,3)6-5-10-7(9)11(6)4/h5H,1-4H3. The maximum Gasteiger partial charge on any atom is 0.177 e. The van der Waals surface area contributed by atoms with Gasteiger partial charge < -0.3 is 4.57 Å². The van der Waals surface area contributed by atoms with Gasteiger partial charge in [0.1, 0.15) is 0 Å². The van der Waals surface area contributed by atoms with Crippen LogP contribution in [0, 0.1) is 0 Å². The van der Waals surface area contributed by atoms with Crippen molar-refractivity contribution < 1.29 is 0 Å². The molecule has 0 bridgehead atoms. The van der Waals surface area contributed by atoms with E-state index >= 15 is 0 Å². The van der Waals surface area contributed by atoms with Gasteiger partial charge in [0.2, 0.25) is 0 Å². The molecule has 0 fully saturated rings. The van der Waals surface area contributed by atoms with Crippen molar-refractivity contribution in [2.75, 3.05) is 0 Å². The van der Waals surface area contributed by atoms with Gasteiger partial charge in [-0.2, -0.15) is 0 Å². The van der Waals surface area contributed by atoms with Gasteiger partial charge in [0.15, 0.2) is 4.73 Å². The summed E-state index contributed by atoms with van der Waals surface area (Å²) in [7, 11) is 2.01. The largest absolute Gasteiger partial charge is 0.325 e. The van der Waals surface area contributed by atoms with Gasteiger partial charge >= 0.3 is 0 Å². The van der Waals surface area contributed by atoms with Gasteiger partial charge in [0.05, 0.1) is 0 Å². The van der Waals surface area contributed by atoms with Crippen LogP contribution in [0.3, 0.4) is 0 Å². The van der Waals surface area contributed by atoms with Crippen molar-refractivity contribution in [3.63, 3.8) is 0 Å². The monoisotopic (exact) mass is 216 g/mol. The molecule has 1 heterocycles. The van der Waals surface area contributed by atoms with Crippen LogP contribution in [0.4, 0.5) is 0 Å². The molecule has 0 atom stereocenters. The molecule has 0 amide bonds. The summed E-state index contributed by atoms with van der Waals surface area (Å²) in [6.07, 6.45) is 1.91. The van der Waals surface area contributed by atoms with Crippen LogP contribution >= 0.6 is 15.9 Å². The van der Waals surface area contributed by atoms with E-state index in [2.05, 4.69) is 46.3 Å². The predicted octanol–water partition coefficient (Wildman–Crippen LogP) is 2.48. The van der Waals surface area contributed by atoms with E-state index in [0.29, 0.717) is 0 Å². The third-order valence-corrected chi connectivity index (χ3v) is 2.44. The van der Waals surface area contributed by atoms with Crippen molar-refractivity contribution in [3.05, 3.63) is 16.6 Å². The SMILES string of the molecule is Cn1c(C(C)(C)C)cnc1Br. The van der Waals surface area contributed by atoms with Crippen molar-refractivity contribution in [1.82, 2.24) is 9.55 Å². The minimum atomic E-state index is 0.174. The van der Waals surface area contributed by atoms with Crippen LogP contribution in [0.15, 0.2) is 10.9 Å². The van der Waals surface area contributed by atoms with E-state index in [1.54, 1.807) is 0 Å². The highest BCUT2D eigenvalue weighted by atomic mass is 79.9. The van der Waals surface area contributed by atoms with Crippen molar-refractivity contribution in [2.45, 2.75) is 26.2 Å². The lowest BCUT2D eigenvalue weighted by molar-refractivity contribution is 0.540. The Hall–Kier alpha value is -0.310. The summed E-state index contributed by atoms with van der Waals surface area (Å²) in [6.45, 7) is 6.53. The zero-order chi connectivity index (χ0) is 8.65. The fourth-order valence-corrected chi connectivity index (χ4v) is 1.38. The van der Waals surface area contributed by atoms with Gasteiger partial charge in [-0.3, -0.25) is 0 Å². The van der Waals surface area contributed by atoms with Crippen LogP contribution in [0.25, 0.3) is 0 Å². The summed E-state index contributed by atoms with van der Waals surface area (Å²) < 4.78 is 2.95. The molecule has 62 valence electrons. The molecule has 2 nitrogen and oxygen atoms in total.